The SMILES string of the molecule is CCOC(=O)/C=C(\N=P(C)(c1ccccc1)c1ccccc1)c1ccccc1. The molecular weight excluding hydrogens is 365 g/mol. The molecule has 28 heavy (non-hydrogen) atoms. The van der Waals surface area contributed by atoms with E-state index in [-0.39, 0.29) is 5.97 Å². The standard InChI is InChI=1S/C24H24NO2P/c1-3-27-24(26)19-23(20-13-7-4-8-14-20)25-28(2,21-15-9-5-10-16-21)22-17-11-6-12-18-22/h4-19H,3H2,1-2H3/b23-19-. The number of rotatable bonds is 6. The van der Waals surface area contributed by atoms with Gasteiger partial charge in [0, 0.05) is 18.7 Å². The van der Waals surface area contributed by atoms with Crippen LogP contribution in [0.4, 0.5) is 0 Å². The minimum absolute atomic E-state index is 0.335. The summed E-state index contributed by atoms with van der Waals surface area (Å²) in [6.45, 7) is 4.32. The molecule has 4 heteroatoms. The molecule has 0 saturated carbocycles. The lowest BCUT2D eigenvalue weighted by atomic mass is 10.1. The van der Waals surface area contributed by atoms with Crippen LogP contribution >= 0.6 is 7.05 Å². The van der Waals surface area contributed by atoms with Crippen LogP contribution in [-0.4, -0.2) is 19.2 Å². The molecule has 0 spiro atoms. The molecule has 0 aromatic heterocycles. The minimum atomic E-state index is -2.12. The van der Waals surface area contributed by atoms with Gasteiger partial charge in [0.15, 0.2) is 0 Å². The molecule has 0 heterocycles. The summed E-state index contributed by atoms with van der Waals surface area (Å²) in [6, 6.07) is 30.4. The van der Waals surface area contributed by atoms with Crippen LogP contribution in [0.2, 0.25) is 0 Å². The van der Waals surface area contributed by atoms with Crippen molar-refractivity contribution in [2.45, 2.75) is 6.92 Å². The minimum Gasteiger partial charge on any atom is -0.463 e. The molecule has 3 rings (SSSR count). The molecule has 142 valence electrons. The Labute approximate surface area is 166 Å². The maximum absolute atomic E-state index is 12.2. The number of carbonyl (C=O) groups excluding carboxylic acids is 1. The summed E-state index contributed by atoms with van der Waals surface area (Å²) >= 11 is 0. The summed E-state index contributed by atoms with van der Waals surface area (Å²) in [6.07, 6.45) is 1.50. The Hall–Kier alpha value is -2.90. The molecule has 0 bridgehead atoms. The van der Waals surface area contributed by atoms with E-state index in [1.165, 1.54) is 6.08 Å². The molecular formula is C24H24NO2P. The van der Waals surface area contributed by atoms with E-state index in [0.717, 1.165) is 16.2 Å². The van der Waals surface area contributed by atoms with E-state index in [0.29, 0.717) is 12.3 Å². The molecule has 0 radical (unpaired) electrons. The molecule has 0 unspecified atom stereocenters. The quantitative estimate of drug-likeness (QED) is 0.335. The van der Waals surface area contributed by atoms with Gasteiger partial charge in [-0.15, -0.1) is 0 Å². The summed E-state index contributed by atoms with van der Waals surface area (Å²) < 4.78 is 10.4. The number of ether oxygens (including phenoxy) is 1. The van der Waals surface area contributed by atoms with Crippen LogP contribution in [0.3, 0.4) is 0 Å². The molecule has 0 amide bonds. The average molecular weight is 389 g/mol. The van der Waals surface area contributed by atoms with E-state index in [4.69, 9.17) is 9.48 Å². The van der Waals surface area contributed by atoms with Gasteiger partial charge in [-0.3, -0.25) is 4.74 Å². The second-order valence-corrected chi connectivity index (χ2v) is 9.53. The highest BCUT2D eigenvalue weighted by Gasteiger charge is 2.20. The Morgan fingerprint density at radius 3 is 1.79 bits per heavy atom. The van der Waals surface area contributed by atoms with Crippen molar-refractivity contribution >= 4 is 29.3 Å². The number of hydrogen-bond donors (Lipinski definition) is 0. The average Bonchev–Trinajstić information content (AvgIpc) is 2.75. The molecule has 0 aliphatic rings. The Balaban J connectivity index is 2.25. The Morgan fingerprint density at radius 1 is 0.857 bits per heavy atom. The first-order valence-electron chi connectivity index (χ1n) is 9.28. The van der Waals surface area contributed by atoms with Crippen molar-refractivity contribution in [3.63, 3.8) is 0 Å². The van der Waals surface area contributed by atoms with Crippen LogP contribution in [0.1, 0.15) is 12.5 Å². The van der Waals surface area contributed by atoms with Crippen molar-refractivity contribution in [2.75, 3.05) is 13.3 Å². The van der Waals surface area contributed by atoms with Gasteiger partial charge in [-0.2, -0.15) is 0 Å². The first kappa shape index (κ1) is 19.9. The first-order valence-corrected chi connectivity index (χ1v) is 11.5. The molecule has 0 aliphatic heterocycles. The lowest BCUT2D eigenvalue weighted by Crippen LogP contribution is -2.15. The highest BCUT2D eigenvalue weighted by Crippen LogP contribution is 2.46. The van der Waals surface area contributed by atoms with Crippen LogP contribution in [0.5, 0.6) is 0 Å². The van der Waals surface area contributed by atoms with Crippen LogP contribution in [0.15, 0.2) is 102 Å². The molecule has 0 fully saturated rings. The summed E-state index contributed by atoms with van der Waals surface area (Å²) in [5.74, 6) is -0.377. The smallest absolute Gasteiger partial charge is 0.332 e. The monoisotopic (exact) mass is 389 g/mol. The van der Waals surface area contributed by atoms with Crippen molar-refractivity contribution < 1.29 is 9.53 Å². The zero-order valence-corrected chi connectivity index (χ0v) is 17.1. The summed E-state index contributed by atoms with van der Waals surface area (Å²) in [4.78, 5) is 12.2. The number of benzene rings is 3. The zero-order chi connectivity index (χ0) is 19.8. The Morgan fingerprint density at radius 2 is 1.32 bits per heavy atom. The molecule has 0 aliphatic carbocycles. The third-order valence-electron chi connectivity index (χ3n) is 4.44. The number of hydrogen-bond acceptors (Lipinski definition) is 3. The van der Waals surface area contributed by atoms with Gasteiger partial charge >= 0.3 is 5.97 Å². The second kappa shape index (κ2) is 9.34. The molecule has 3 aromatic rings. The second-order valence-electron chi connectivity index (χ2n) is 6.38. The number of nitrogens with zero attached hydrogens (tertiary/aromatic N) is 1. The topological polar surface area (TPSA) is 38.7 Å². The van der Waals surface area contributed by atoms with Gasteiger partial charge in [0.05, 0.1) is 12.3 Å². The zero-order valence-electron chi connectivity index (χ0n) is 16.2. The van der Waals surface area contributed by atoms with Crippen LogP contribution in [0, 0.1) is 0 Å². The Bertz CT molecular complexity index is 953. The van der Waals surface area contributed by atoms with E-state index in [1.54, 1.807) is 6.92 Å². The molecule has 0 saturated heterocycles. The maximum Gasteiger partial charge on any atom is 0.332 e. The van der Waals surface area contributed by atoms with Crippen molar-refractivity contribution in [2.24, 2.45) is 4.74 Å². The number of esters is 1. The van der Waals surface area contributed by atoms with Crippen molar-refractivity contribution in [3.8, 4) is 0 Å². The fourth-order valence-corrected chi connectivity index (χ4v) is 5.63. The van der Waals surface area contributed by atoms with Gasteiger partial charge in [0.1, 0.15) is 0 Å². The normalized spacial score (nSPS) is 11.7. The van der Waals surface area contributed by atoms with Crippen LogP contribution in [-0.2, 0) is 9.53 Å². The lowest BCUT2D eigenvalue weighted by Gasteiger charge is -2.22. The Kier molecular flexibility index (Phi) is 6.62. The molecule has 0 atom stereocenters. The van der Waals surface area contributed by atoms with E-state index in [9.17, 15) is 4.79 Å². The first-order chi connectivity index (χ1) is 13.6. The van der Waals surface area contributed by atoms with Gasteiger partial charge in [0.2, 0.25) is 0 Å². The van der Waals surface area contributed by atoms with Gasteiger partial charge in [0.25, 0.3) is 0 Å². The van der Waals surface area contributed by atoms with Crippen molar-refractivity contribution in [1.82, 2.24) is 0 Å². The largest absolute Gasteiger partial charge is 0.463 e. The fourth-order valence-electron chi connectivity index (χ4n) is 2.99. The van der Waals surface area contributed by atoms with Crippen molar-refractivity contribution in [3.05, 3.63) is 103 Å². The molecule has 0 N–H and O–H groups in total. The third-order valence-corrected chi connectivity index (χ3v) is 7.66. The number of carbonyl (C=O) groups is 1. The summed E-state index contributed by atoms with van der Waals surface area (Å²) in [7, 11) is -2.12. The summed E-state index contributed by atoms with van der Waals surface area (Å²) in [5, 5.41) is 2.32. The third kappa shape index (κ3) is 4.68. The highest BCUT2D eigenvalue weighted by atomic mass is 31.2. The predicted molar refractivity (Wildman–Crippen MR) is 118 cm³/mol. The molecule has 3 aromatic carbocycles. The van der Waals surface area contributed by atoms with Gasteiger partial charge in [-0.25, -0.2) is 4.79 Å². The van der Waals surface area contributed by atoms with Crippen molar-refractivity contribution in [1.29, 1.82) is 0 Å². The lowest BCUT2D eigenvalue weighted by molar-refractivity contribution is -0.137. The van der Waals surface area contributed by atoms with E-state index in [1.807, 2.05) is 66.7 Å². The summed E-state index contributed by atoms with van der Waals surface area (Å²) in [5.41, 5.74) is 1.54. The van der Waals surface area contributed by atoms with Gasteiger partial charge in [-0.1, -0.05) is 91.0 Å². The predicted octanol–water partition coefficient (Wildman–Crippen LogP) is 5.07. The van der Waals surface area contributed by atoms with E-state index < -0.39 is 7.05 Å². The fraction of sp³-hybridized carbons (Fsp3) is 0.125. The van der Waals surface area contributed by atoms with Gasteiger partial charge < -0.3 is 4.74 Å². The maximum atomic E-state index is 12.2. The van der Waals surface area contributed by atoms with E-state index in [2.05, 4.69) is 30.9 Å². The van der Waals surface area contributed by atoms with Crippen LogP contribution < -0.4 is 10.6 Å². The van der Waals surface area contributed by atoms with Gasteiger partial charge in [-0.05, 0) is 24.2 Å². The van der Waals surface area contributed by atoms with E-state index >= 15 is 0 Å². The van der Waals surface area contributed by atoms with Crippen LogP contribution in [0.25, 0.3) is 5.70 Å². The highest BCUT2D eigenvalue weighted by molar-refractivity contribution is 7.80. The molecule has 3 nitrogen and oxygen atoms in total.